The van der Waals surface area contributed by atoms with Crippen LogP contribution < -0.4 is 10.6 Å². The molecule has 0 unspecified atom stereocenters. The number of alkyl halides is 3. The molecule has 0 radical (unpaired) electrons. The van der Waals surface area contributed by atoms with E-state index in [4.69, 9.17) is 0 Å². The van der Waals surface area contributed by atoms with Crippen molar-refractivity contribution in [3.8, 4) is 0 Å². The van der Waals surface area contributed by atoms with Gasteiger partial charge in [0, 0.05) is 44.8 Å². The third-order valence-electron chi connectivity index (χ3n) is 5.17. The Labute approximate surface area is 196 Å². The van der Waals surface area contributed by atoms with Crippen LogP contribution in [0.3, 0.4) is 0 Å². The molecule has 7 nitrogen and oxygen atoms in total. The topological polar surface area (TPSA) is 86.7 Å². The highest BCUT2D eigenvalue weighted by Gasteiger charge is 2.50. The molecule has 0 amide bonds. The number of halogens is 4. The van der Waals surface area contributed by atoms with Gasteiger partial charge in [-0.05, 0) is 36.5 Å². The summed E-state index contributed by atoms with van der Waals surface area (Å²) in [5.41, 5.74) is -3.28. The van der Waals surface area contributed by atoms with Crippen LogP contribution in [0, 0.1) is 5.92 Å². The summed E-state index contributed by atoms with van der Waals surface area (Å²) < 4.78 is 61.5. The molecule has 31 heavy (non-hydrogen) atoms. The summed E-state index contributed by atoms with van der Waals surface area (Å²) in [4.78, 5) is 8.51. The predicted octanol–water partition coefficient (Wildman–Crippen LogP) is 3.08. The lowest BCUT2D eigenvalue weighted by Crippen LogP contribution is -2.47. The van der Waals surface area contributed by atoms with Crippen molar-refractivity contribution in [3.05, 3.63) is 42.1 Å². The van der Waals surface area contributed by atoms with Gasteiger partial charge in [-0.2, -0.15) is 17.5 Å². The van der Waals surface area contributed by atoms with Crippen molar-refractivity contribution in [2.75, 3.05) is 26.7 Å². The smallest absolute Gasteiger partial charge is 0.356 e. The van der Waals surface area contributed by atoms with Crippen LogP contribution in [-0.2, 0) is 16.6 Å². The van der Waals surface area contributed by atoms with Crippen molar-refractivity contribution >= 4 is 50.9 Å². The lowest BCUT2D eigenvalue weighted by atomic mass is 9.98. The first kappa shape index (κ1) is 25.6. The van der Waals surface area contributed by atoms with Gasteiger partial charge in [-0.25, -0.2) is 8.42 Å². The maximum Gasteiger partial charge on any atom is 0.511 e. The standard InChI is InChI=1S/C19H24F3N5O2S.HI/c1-23-18(26-13-15-6-9-24-17-5-3-2-4-16(15)17)25-12-14-7-10-27(11-8-14)30(28,29)19(20,21)22;/h2-6,9,14H,7-8,10-13H2,1H3,(H2,23,25,26);1H. The van der Waals surface area contributed by atoms with E-state index in [9.17, 15) is 21.6 Å². The number of para-hydroxylation sites is 1. The van der Waals surface area contributed by atoms with Crippen LogP contribution in [0.25, 0.3) is 10.9 Å². The highest BCUT2D eigenvalue weighted by molar-refractivity contribution is 14.0. The minimum absolute atomic E-state index is 0. The van der Waals surface area contributed by atoms with Gasteiger partial charge in [-0.3, -0.25) is 9.98 Å². The van der Waals surface area contributed by atoms with Crippen molar-refractivity contribution in [3.63, 3.8) is 0 Å². The summed E-state index contributed by atoms with van der Waals surface area (Å²) in [5.74, 6) is 0.631. The zero-order valence-electron chi connectivity index (χ0n) is 16.9. The summed E-state index contributed by atoms with van der Waals surface area (Å²) in [7, 11) is -3.61. The Hall–Kier alpha value is -1.67. The van der Waals surface area contributed by atoms with E-state index >= 15 is 0 Å². The zero-order chi connectivity index (χ0) is 21.8. The van der Waals surface area contributed by atoms with Crippen LogP contribution in [0.4, 0.5) is 13.2 Å². The molecule has 1 saturated heterocycles. The van der Waals surface area contributed by atoms with E-state index in [1.54, 1.807) is 13.2 Å². The zero-order valence-corrected chi connectivity index (χ0v) is 20.0. The quantitative estimate of drug-likeness (QED) is 0.328. The molecule has 12 heteroatoms. The Balaban J connectivity index is 0.00000341. The second-order valence-electron chi connectivity index (χ2n) is 7.09. The molecule has 1 aliphatic rings. The van der Waals surface area contributed by atoms with Gasteiger partial charge >= 0.3 is 15.5 Å². The van der Waals surface area contributed by atoms with Crippen molar-refractivity contribution < 1.29 is 21.6 Å². The number of rotatable bonds is 5. The number of aromatic nitrogens is 1. The molecule has 2 N–H and O–H groups in total. The van der Waals surface area contributed by atoms with Gasteiger partial charge in [0.1, 0.15) is 0 Å². The molecule has 1 aliphatic heterocycles. The number of hydrogen-bond donors (Lipinski definition) is 2. The molecule has 1 aromatic heterocycles. The molecular formula is C19H25F3IN5O2S. The third-order valence-corrected chi connectivity index (χ3v) is 6.80. The molecular weight excluding hydrogens is 546 g/mol. The van der Waals surface area contributed by atoms with Crippen molar-refractivity contribution in [2.24, 2.45) is 10.9 Å². The number of pyridine rings is 1. The molecule has 2 heterocycles. The normalized spacial score (nSPS) is 16.7. The number of piperidine rings is 1. The minimum Gasteiger partial charge on any atom is -0.356 e. The molecule has 0 saturated carbocycles. The van der Waals surface area contributed by atoms with Crippen molar-refractivity contribution in [1.29, 1.82) is 0 Å². The average molecular weight is 571 g/mol. The fourth-order valence-corrected chi connectivity index (χ4v) is 4.43. The summed E-state index contributed by atoms with van der Waals surface area (Å²) in [6, 6.07) is 9.75. The molecule has 1 fully saturated rings. The predicted molar refractivity (Wildman–Crippen MR) is 125 cm³/mol. The molecule has 0 spiro atoms. The summed E-state index contributed by atoms with van der Waals surface area (Å²) >= 11 is 0. The first-order chi connectivity index (χ1) is 14.2. The Morgan fingerprint density at radius 2 is 1.87 bits per heavy atom. The highest BCUT2D eigenvalue weighted by atomic mass is 127. The average Bonchev–Trinajstić information content (AvgIpc) is 2.73. The van der Waals surface area contributed by atoms with Crippen LogP contribution >= 0.6 is 24.0 Å². The molecule has 1 aromatic carbocycles. The van der Waals surface area contributed by atoms with Crippen molar-refractivity contribution in [2.45, 2.75) is 24.9 Å². The minimum atomic E-state index is -5.25. The molecule has 2 aromatic rings. The fraction of sp³-hybridized carbons (Fsp3) is 0.474. The molecule has 3 rings (SSSR count). The van der Waals surface area contributed by atoms with E-state index in [0.717, 1.165) is 16.5 Å². The van der Waals surface area contributed by atoms with Gasteiger partial charge in [0.25, 0.3) is 0 Å². The van der Waals surface area contributed by atoms with Gasteiger partial charge < -0.3 is 10.6 Å². The van der Waals surface area contributed by atoms with Crippen LogP contribution in [-0.4, -0.2) is 55.9 Å². The van der Waals surface area contributed by atoms with Gasteiger partial charge in [0.2, 0.25) is 0 Å². The maximum absolute atomic E-state index is 12.7. The molecule has 0 bridgehead atoms. The third kappa shape index (κ3) is 6.19. The first-order valence-corrected chi connectivity index (χ1v) is 11.0. The van der Waals surface area contributed by atoms with Gasteiger partial charge in [0.05, 0.1) is 5.52 Å². The van der Waals surface area contributed by atoms with Crippen LogP contribution in [0.15, 0.2) is 41.5 Å². The number of fused-ring (bicyclic) bond motifs is 1. The van der Waals surface area contributed by atoms with E-state index in [0.29, 0.717) is 36.2 Å². The molecule has 172 valence electrons. The number of guanidine groups is 1. The summed E-state index contributed by atoms with van der Waals surface area (Å²) in [5, 5.41) is 7.44. The lowest BCUT2D eigenvalue weighted by Gasteiger charge is -2.31. The summed E-state index contributed by atoms with van der Waals surface area (Å²) in [6.45, 7) is 0.758. The largest absolute Gasteiger partial charge is 0.511 e. The highest BCUT2D eigenvalue weighted by Crippen LogP contribution is 2.30. The number of nitrogens with zero attached hydrogens (tertiary/aromatic N) is 3. The monoisotopic (exact) mass is 571 g/mol. The van der Waals surface area contributed by atoms with Crippen LogP contribution in [0.2, 0.25) is 0 Å². The van der Waals surface area contributed by atoms with Crippen LogP contribution in [0.1, 0.15) is 18.4 Å². The number of aliphatic imine (C=N–C) groups is 1. The second-order valence-corrected chi connectivity index (χ2v) is 9.02. The Morgan fingerprint density at radius 1 is 1.19 bits per heavy atom. The van der Waals surface area contributed by atoms with Crippen molar-refractivity contribution in [1.82, 2.24) is 19.9 Å². The number of sulfonamides is 1. The van der Waals surface area contributed by atoms with E-state index in [-0.39, 0.29) is 43.0 Å². The van der Waals surface area contributed by atoms with Gasteiger partial charge in [-0.1, -0.05) is 18.2 Å². The SMILES string of the molecule is CN=C(NCc1ccnc2ccccc12)NCC1CCN(S(=O)(=O)C(F)(F)F)CC1.I. The first-order valence-electron chi connectivity index (χ1n) is 9.56. The Bertz CT molecular complexity index is 1000. The van der Waals surface area contributed by atoms with Crippen LogP contribution in [0.5, 0.6) is 0 Å². The summed E-state index contributed by atoms with van der Waals surface area (Å²) in [6.07, 6.45) is 2.46. The van der Waals surface area contributed by atoms with Gasteiger partial charge in [-0.15, -0.1) is 24.0 Å². The van der Waals surface area contributed by atoms with E-state index in [1.165, 1.54) is 0 Å². The molecule has 0 aliphatic carbocycles. The fourth-order valence-electron chi connectivity index (χ4n) is 3.45. The van der Waals surface area contributed by atoms with E-state index in [1.807, 2.05) is 30.3 Å². The van der Waals surface area contributed by atoms with Gasteiger partial charge in [0.15, 0.2) is 5.96 Å². The Morgan fingerprint density at radius 3 is 2.52 bits per heavy atom. The molecule has 0 atom stereocenters. The number of benzene rings is 1. The van der Waals surface area contributed by atoms with E-state index < -0.39 is 15.5 Å². The number of hydrogen-bond acceptors (Lipinski definition) is 4. The van der Waals surface area contributed by atoms with E-state index in [2.05, 4.69) is 20.6 Å². The second kappa shape index (κ2) is 10.8. The lowest BCUT2D eigenvalue weighted by molar-refractivity contribution is -0.0496. The maximum atomic E-state index is 12.7. The Kier molecular flexibility index (Phi) is 8.89. The number of nitrogens with one attached hydrogen (secondary N) is 2.